The van der Waals surface area contributed by atoms with Gasteiger partial charge in [0.25, 0.3) is 0 Å². The van der Waals surface area contributed by atoms with Gasteiger partial charge in [0.2, 0.25) is 0 Å². The predicted molar refractivity (Wildman–Crippen MR) is 87.4 cm³/mol. The van der Waals surface area contributed by atoms with Crippen LogP contribution in [0.15, 0.2) is 0 Å². The number of aryl methyl sites for hydroxylation is 1. The molecule has 0 unspecified atom stereocenters. The number of ether oxygens (including phenoxy) is 1. The van der Waals surface area contributed by atoms with Crippen molar-refractivity contribution >= 4 is 11.3 Å². The van der Waals surface area contributed by atoms with Crippen molar-refractivity contribution in [2.75, 3.05) is 13.2 Å². The zero-order valence-corrected chi connectivity index (χ0v) is 14.5. The summed E-state index contributed by atoms with van der Waals surface area (Å²) in [5, 5.41) is 4.59. The minimum Gasteiger partial charge on any atom is -0.368 e. The first-order chi connectivity index (χ1) is 9.67. The van der Waals surface area contributed by atoms with E-state index in [0.29, 0.717) is 0 Å². The molecule has 0 saturated heterocycles. The van der Waals surface area contributed by atoms with Crippen molar-refractivity contribution in [3.63, 3.8) is 0 Å². The van der Waals surface area contributed by atoms with Gasteiger partial charge >= 0.3 is 0 Å². The summed E-state index contributed by atoms with van der Waals surface area (Å²) < 4.78 is 6.09. The average Bonchev–Trinajstić information content (AvgIpc) is 2.86. The summed E-state index contributed by atoms with van der Waals surface area (Å²) in [5.41, 5.74) is 1.08. The molecule has 3 nitrogen and oxygen atoms in total. The molecule has 0 fully saturated rings. The van der Waals surface area contributed by atoms with E-state index >= 15 is 0 Å². The molecule has 0 atom stereocenters. The highest BCUT2D eigenvalue weighted by Gasteiger charge is 2.33. The molecule has 0 aliphatic rings. The maximum atomic E-state index is 6.09. The van der Waals surface area contributed by atoms with Crippen LogP contribution in [0.3, 0.4) is 0 Å². The number of aromatic nitrogens is 1. The van der Waals surface area contributed by atoms with Crippen LogP contribution in [0.2, 0.25) is 0 Å². The van der Waals surface area contributed by atoms with Gasteiger partial charge in [0, 0.05) is 18.0 Å². The molecule has 0 aliphatic carbocycles. The lowest BCUT2D eigenvalue weighted by Gasteiger charge is -2.29. The molecule has 4 heteroatoms. The summed E-state index contributed by atoms with van der Waals surface area (Å²) in [6.45, 7) is 13.5. The van der Waals surface area contributed by atoms with Gasteiger partial charge in [0.1, 0.15) is 10.6 Å². The zero-order valence-electron chi connectivity index (χ0n) is 13.7. The Morgan fingerprint density at radius 1 is 1.15 bits per heavy atom. The third kappa shape index (κ3) is 4.03. The van der Waals surface area contributed by atoms with Gasteiger partial charge in [-0.3, -0.25) is 0 Å². The van der Waals surface area contributed by atoms with Crippen LogP contribution in [0.4, 0.5) is 0 Å². The molecule has 20 heavy (non-hydrogen) atoms. The highest BCUT2D eigenvalue weighted by molar-refractivity contribution is 7.11. The largest absolute Gasteiger partial charge is 0.368 e. The van der Waals surface area contributed by atoms with Gasteiger partial charge in [-0.2, -0.15) is 0 Å². The minimum atomic E-state index is -0.188. The Hall–Kier alpha value is -0.450. The first kappa shape index (κ1) is 17.6. The third-order valence-corrected chi connectivity index (χ3v) is 5.04. The fraction of sp³-hybridized carbons (Fsp3) is 0.812. The fourth-order valence-electron chi connectivity index (χ4n) is 2.48. The molecule has 0 radical (unpaired) electrons. The van der Waals surface area contributed by atoms with Crippen LogP contribution in [-0.2, 0) is 23.3 Å². The highest BCUT2D eigenvalue weighted by Crippen LogP contribution is 2.37. The van der Waals surface area contributed by atoms with E-state index in [4.69, 9.17) is 9.72 Å². The van der Waals surface area contributed by atoms with Gasteiger partial charge in [-0.1, -0.05) is 34.1 Å². The Kier molecular flexibility index (Phi) is 7.70. The third-order valence-electron chi connectivity index (χ3n) is 3.75. The Morgan fingerprint density at radius 3 is 2.35 bits per heavy atom. The molecule has 0 spiro atoms. The monoisotopic (exact) mass is 298 g/mol. The van der Waals surface area contributed by atoms with E-state index in [2.05, 4.69) is 39.9 Å². The van der Waals surface area contributed by atoms with Crippen LogP contribution in [0.1, 0.15) is 69.5 Å². The van der Waals surface area contributed by atoms with Crippen molar-refractivity contribution in [2.45, 2.75) is 72.4 Å². The SMILES string of the molecule is CCCc1nc(C(CC)(CC)OCC)sc1CNCC. The van der Waals surface area contributed by atoms with Crippen LogP contribution >= 0.6 is 11.3 Å². The maximum Gasteiger partial charge on any atom is 0.125 e. The second kappa shape index (κ2) is 8.75. The summed E-state index contributed by atoms with van der Waals surface area (Å²) in [6, 6.07) is 0. The lowest BCUT2D eigenvalue weighted by molar-refractivity contribution is -0.0507. The van der Waals surface area contributed by atoms with Crippen LogP contribution in [0.5, 0.6) is 0 Å². The smallest absolute Gasteiger partial charge is 0.125 e. The van der Waals surface area contributed by atoms with Gasteiger partial charge in [0.05, 0.1) is 5.69 Å². The number of thiazole rings is 1. The predicted octanol–water partition coefficient (Wildman–Crippen LogP) is 4.26. The summed E-state index contributed by atoms with van der Waals surface area (Å²) >= 11 is 1.84. The Bertz CT molecular complexity index is 386. The molecule has 1 heterocycles. The van der Waals surface area contributed by atoms with E-state index in [-0.39, 0.29) is 5.60 Å². The summed E-state index contributed by atoms with van der Waals surface area (Å²) in [4.78, 5) is 6.32. The number of hydrogen-bond donors (Lipinski definition) is 1. The van der Waals surface area contributed by atoms with Gasteiger partial charge in [-0.05, 0) is 32.7 Å². The molecular weight excluding hydrogens is 268 g/mol. The van der Waals surface area contributed by atoms with Crippen molar-refractivity contribution < 1.29 is 4.74 Å². The lowest BCUT2D eigenvalue weighted by Crippen LogP contribution is -2.28. The molecule has 0 aromatic carbocycles. The number of hydrogen-bond acceptors (Lipinski definition) is 4. The maximum absolute atomic E-state index is 6.09. The number of nitrogens with zero attached hydrogens (tertiary/aromatic N) is 1. The second-order valence-corrected chi connectivity index (χ2v) is 6.14. The first-order valence-corrected chi connectivity index (χ1v) is 8.82. The number of nitrogens with one attached hydrogen (secondary N) is 1. The zero-order chi connectivity index (χ0) is 15.0. The molecule has 1 aromatic heterocycles. The van der Waals surface area contributed by atoms with Crippen molar-refractivity contribution in [1.82, 2.24) is 10.3 Å². The van der Waals surface area contributed by atoms with Crippen LogP contribution in [-0.4, -0.2) is 18.1 Å². The molecule has 0 aliphatic heterocycles. The first-order valence-electron chi connectivity index (χ1n) is 8.01. The van der Waals surface area contributed by atoms with E-state index in [9.17, 15) is 0 Å². The highest BCUT2D eigenvalue weighted by atomic mass is 32.1. The minimum absolute atomic E-state index is 0.188. The Balaban J connectivity index is 3.09. The van der Waals surface area contributed by atoms with E-state index < -0.39 is 0 Å². The fourth-order valence-corrected chi connectivity index (χ4v) is 3.84. The van der Waals surface area contributed by atoms with Crippen LogP contribution < -0.4 is 5.32 Å². The molecule has 1 aromatic rings. The van der Waals surface area contributed by atoms with Crippen molar-refractivity contribution in [3.8, 4) is 0 Å². The van der Waals surface area contributed by atoms with Gasteiger partial charge in [-0.25, -0.2) is 4.98 Å². The normalized spacial score (nSPS) is 12.1. The molecule has 0 bridgehead atoms. The van der Waals surface area contributed by atoms with E-state index in [0.717, 1.165) is 45.4 Å². The molecule has 1 N–H and O–H groups in total. The molecule has 0 saturated carbocycles. The van der Waals surface area contributed by atoms with Gasteiger partial charge < -0.3 is 10.1 Å². The van der Waals surface area contributed by atoms with Crippen molar-refractivity contribution in [2.24, 2.45) is 0 Å². The van der Waals surface area contributed by atoms with Crippen LogP contribution in [0.25, 0.3) is 0 Å². The summed E-state index contributed by atoms with van der Waals surface area (Å²) in [6.07, 6.45) is 4.17. The van der Waals surface area contributed by atoms with E-state index in [1.807, 2.05) is 11.3 Å². The topological polar surface area (TPSA) is 34.1 Å². The Labute approximate surface area is 128 Å². The molecule has 116 valence electrons. The van der Waals surface area contributed by atoms with Crippen molar-refractivity contribution in [3.05, 3.63) is 15.6 Å². The average molecular weight is 298 g/mol. The van der Waals surface area contributed by atoms with E-state index in [1.165, 1.54) is 15.6 Å². The quantitative estimate of drug-likeness (QED) is 0.701. The summed E-state index contributed by atoms with van der Waals surface area (Å²) in [5.74, 6) is 0. The molecular formula is C16H30N2OS. The molecule has 0 amide bonds. The summed E-state index contributed by atoms with van der Waals surface area (Å²) in [7, 11) is 0. The van der Waals surface area contributed by atoms with Gasteiger partial charge in [0.15, 0.2) is 0 Å². The van der Waals surface area contributed by atoms with Crippen molar-refractivity contribution in [1.29, 1.82) is 0 Å². The Morgan fingerprint density at radius 2 is 1.85 bits per heavy atom. The standard InChI is InChI=1S/C16H30N2OS/c1-6-11-13-14(12-17-9-4)20-15(18-13)16(7-2,8-3)19-10-5/h17H,6-12H2,1-5H3. The van der Waals surface area contributed by atoms with E-state index in [1.54, 1.807) is 0 Å². The second-order valence-electron chi connectivity index (χ2n) is 5.05. The van der Waals surface area contributed by atoms with Gasteiger partial charge in [-0.15, -0.1) is 11.3 Å². The number of rotatable bonds is 10. The van der Waals surface area contributed by atoms with Crippen LogP contribution in [0, 0.1) is 0 Å². The lowest BCUT2D eigenvalue weighted by atomic mass is 9.98. The molecule has 1 rings (SSSR count).